The van der Waals surface area contributed by atoms with E-state index in [1.54, 1.807) is 0 Å². The molecule has 1 unspecified atom stereocenters. The quantitative estimate of drug-likeness (QED) is 0.855. The van der Waals surface area contributed by atoms with Gasteiger partial charge in [0.2, 0.25) is 0 Å². The monoisotopic (exact) mass is 271 g/mol. The largest absolute Gasteiger partial charge is 0.290 e. The van der Waals surface area contributed by atoms with E-state index in [0.29, 0.717) is 6.04 Å². The highest BCUT2D eigenvalue weighted by Crippen LogP contribution is 2.34. The number of nitrogens with zero attached hydrogens (tertiary/aromatic N) is 3. The number of likely N-dealkylation sites (tertiary alicyclic amines) is 1. The molecule has 0 spiro atoms. The summed E-state index contributed by atoms with van der Waals surface area (Å²) in [5, 5.41) is 0. The standard InChI is InChI=1S/C16H18FN3/c1-2-16-18-9-7-14(19-16)11-20-10-8-15(20)12-3-5-13(17)6-4-12/h3-7,9,15H,2,8,10-11H2,1H3. The average molecular weight is 271 g/mol. The minimum absolute atomic E-state index is 0.178. The summed E-state index contributed by atoms with van der Waals surface area (Å²) in [6.07, 6.45) is 3.81. The van der Waals surface area contributed by atoms with Gasteiger partial charge >= 0.3 is 0 Å². The Morgan fingerprint density at radius 2 is 2.05 bits per heavy atom. The maximum atomic E-state index is 13.0. The third kappa shape index (κ3) is 2.70. The molecule has 4 heteroatoms. The summed E-state index contributed by atoms with van der Waals surface area (Å²) in [7, 11) is 0. The number of halogens is 1. The number of aryl methyl sites for hydroxylation is 1. The molecule has 0 aliphatic carbocycles. The van der Waals surface area contributed by atoms with Crippen LogP contribution in [0.3, 0.4) is 0 Å². The van der Waals surface area contributed by atoms with Crippen LogP contribution in [0.25, 0.3) is 0 Å². The summed E-state index contributed by atoms with van der Waals surface area (Å²) < 4.78 is 13.0. The molecular formula is C16H18FN3. The molecular weight excluding hydrogens is 253 g/mol. The zero-order chi connectivity index (χ0) is 13.9. The fraction of sp³-hybridized carbons (Fsp3) is 0.375. The van der Waals surface area contributed by atoms with Crippen molar-refractivity contribution in [2.24, 2.45) is 0 Å². The van der Waals surface area contributed by atoms with Crippen molar-refractivity contribution in [2.45, 2.75) is 32.4 Å². The Kier molecular flexibility index (Phi) is 3.74. The van der Waals surface area contributed by atoms with Gasteiger partial charge in [0.1, 0.15) is 11.6 Å². The van der Waals surface area contributed by atoms with Gasteiger partial charge < -0.3 is 0 Å². The summed E-state index contributed by atoms with van der Waals surface area (Å²) in [4.78, 5) is 11.1. The van der Waals surface area contributed by atoms with Crippen LogP contribution in [-0.4, -0.2) is 21.4 Å². The van der Waals surface area contributed by atoms with Crippen LogP contribution in [0.4, 0.5) is 4.39 Å². The molecule has 3 rings (SSSR count). The van der Waals surface area contributed by atoms with Crippen LogP contribution >= 0.6 is 0 Å². The molecule has 2 heterocycles. The summed E-state index contributed by atoms with van der Waals surface area (Å²) in [5.74, 6) is 0.712. The normalized spacial score (nSPS) is 18.8. The maximum Gasteiger partial charge on any atom is 0.128 e. The van der Waals surface area contributed by atoms with Crippen molar-refractivity contribution in [3.05, 3.63) is 59.4 Å². The van der Waals surface area contributed by atoms with Crippen molar-refractivity contribution in [3.8, 4) is 0 Å². The van der Waals surface area contributed by atoms with E-state index in [0.717, 1.165) is 37.4 Å². The fourth-order valence-corrected chi connectivity index (χ4v) is 2.60. The smallest absolute Gasteiger partial charge is 0.128 e. The molecule has 1 atom stereocenters. The van der Waals surface area contributed by atoms with Crippen molar-refractivity contribution in [2.75, 3.05) is 6.54 Å². The molecule has 20 heavy (non-hydrogen) atoms. The van der Waals surface area contributed by atoms with Gasteiger partial charge in [0.25, 0.3) is 0 Å². The third-order valence-corrected chi connectivity index (χ3v) is 3.83. The van der Waals surface area contributed by atoms with Crippen molar-refractivity contribution in [1.82, 2.24) is 14.9 Å². The first-order valence-corrected chi connectivity index (χ1v) is 7.06. The molecule has 1 aliphatic heterocycles. The molecule has 1 aromatic carbocycles. The van der Waals surface area contributed by atoms with Gasteiger partial charge in [-0.3, -0.25) is 4.90 Å². The van der Waals surface area contributed by atoms with Gasteiger partial charge in [-0.25, -0.2) is 14.4 Å². The molecule has 0 saturated carbocycles. The van der Waals surface area contributed by atoms with E-state index in [-0.39, 0.29) is 5.82 Å². The lowest BCUT2D eigenvalue weighted by atomic mass is 9.94. The van der Waals surface area contributed by atoms with E-state index >= 15 is 0 Å². The van der Waals surface area contributed by atoms with Crippen LogP contribution in [0.15, 0.2) is 36.5 Å². The van der Waals surface area contributed by atoms with Crippen molar-refractivity contribution in [3.63, 3.8) is 0 Å². The number of aromatic nitrogens is 2. The van der Waals surface area contributed by atoms with E-state index in [9.17, 15) is 4.39 Å². The van der Waals surface area contributed by atoms with Gasteiger partial charge in [-0.2, -0.15) is 0 Å². The van der Waals surface area contributed by atoms with Gasteiger partial charge in [0, 0.05) is 31.7 Å². The number of hydrogen-bond acceptors (Lipinski definition) is 3. The topological polar surface area (TPSA) is 29.0 Å². The lowest BCUT2D eigenvalue weighted by Gasteiger charge is -2.41. The predicted octanol–water partition coefficient (Wildman–Crippen LogP) is 3.13. The first-order valence-electron chi connectivity index (χ1n) is 7.06. The number of hydrogen-bond donors (Lipinski definition) is 0. The molecule has 104 valence electrons. The fourth-order valence-electron chi connectivity index (χ4n) is 2.60. The molecule has 0 radical (unpaired) electrons. The molecule has 0 amide bonds. The van der Waals surface area contributed by atoms with Crippen molar-refractivity contribution < 1.29 is 4.39 Å². The molecule has 3 nitrogen and oxygen atoms in total. The summed E-state index contributed by atoms with van der Waals surface area (Å²) in [5.41, 5.74) is 2.24. The first kappa shape index (κ1) is 13.2. The Hall–Kier alpha value is -1.81. The molecule has 1 aromatic heterocycles. The minimum atomic E-state index is -0.178. The van der Waals surface area contributed by atoms with Crippen LogP contribution in [0.2, 0.25) is 0 Å². The van der Waals surface area contributed by atoms with Crippen LogP contribution in [-0.2, 0) is 13.0 Å². The van der Waals surface area contributed by atoms with Gasteiger partial charge in [0.15, 0.2) is 0 Å². The average Bonchev–Trinajstić information content (AvgIpc) is 2.46. The molecule has 2 aromatic rings. The van der Waals surface area contributed by atoms with E-state index < -0.39 is 0 Å². The van der Waals surface area contributed by atoms with Crippen LogP contribution < -0.4 is 0 Å². The number of rotatable bonds is 4. The Bertz CT molecular complexity index is 583. The first-order chi connectivity index (χ1) is 9.76. The Labute approximate surface area is 118 Å². The molecule has 1 fully saturated rings. The lowest BCUT2D eigenvalue weighted by molar-refractivity contribution is 0.0802. The highest BCUT2D eigenvalue weighted by molar-refractivity contribution is 5.22. The summed E-state index contributed by atoms with van der Waals surface area (Å²) in [6, 6.07) is 9.18. The highest BCUT2D eigenvalue weighted by atomic mass is 19.1. The van der Waals surface area contributed by atoms with Gasteiger partial charge in [-0.15, -0.1) is 0 Å². The van der Waals surface area contributed by atoms with Crippen LogP contribution in [0.5, 0.6) is 0 Å². The Balaban J connectivity index is 1.70. The zero-order valence-corrected chi connectivity index (χ0v) is 11.6. The molecule has 1 saturated heterocycles. The van der Waals surface area contributed by atoms with Gasteiger partial charge in [-0.05, 0) is 30.2 Å². The van der Waals surface area contributed by atoms with Crippen molar-refractivity contribution in [1.29, 1.82) is 0 Å². The number of benzene rings is 1. The van der Waals surface area contributed by atoms with E-state index in [4.69, 9.17) is 0 Å². The van der Waals surface area contributed by atoms with Crippen LogP contribution in [0, 0.1) is 5.82 Å². The van der Waals surface area contributed by atoms with Gasteiger partial charge in [0.05, 0.1) is 5.69 Å². The minimum Gasteiger partial charge on any atom is -0.290 e. The Morgan fingerprint density at radius 1 is 1.25 bits per heavy atom. The second-order valence-electron chi connectivity index (χ2n) is 5.14. The second kappa shape index (κ2) is 5.67. The second-order valence-corrected chi connectivity index (χ2v) is 5.14. The Morgan fingerprint density at radius 3 is 2.70 bits per heavy atom. The predicted molar refractivity (Wildman–Crippen MR) is 75.6 cm³/mol. The van der Waals surface area contributed by atoms with E-state index in [1.807, 2.05) is 24.4 Å². The van der Waals surface area contributed by atoms with Crippen molar-refractivity contribution >= 4 is 0 Å². The van der Waals surface area contributed by atoms with E-state index in [1.165, 1.54) is 17.7 Å². The van der Waals surface area contributed by atoms with Crippen LogP contribution in [0.1, 0.15) is 36.5 Å². The zero-order valence-electron chi connectivity index (χ0n) is 11.6. The maximum absolute atomic E-state index is 13.0. The molecule has 0 N–H and O–H groups in total. The van der Waals surface area contributed by atoms with Gasteiger partial charge in [-0.1, -0.05) is 19.1 Å². The summed E-state index contributed by atoms with van der Waals surface area (Å²) >= 11 is 0. The highest BCUT2D eigenvalue weighted by Gasteiger charge is 2.29. The molecule has 1 aliphatic rings. The summed E-state index contributed by atoms with van der Waals surface area (Å²) in [6.45, 7) is 3.95. The molecule has 0 bridgehead atoms. The lowest BCUT2D eigenvalue weighted by Crippen LogP contribution is -2.40. The third-order valence-electron chi connectivity index (χ3n) is 3.83. The SMILES string of the molecule is CCc1nccc(CN2CCC2c2ccc(F)cc2)n1. The van der Waals surface area contributed by atoms with E-state index in [2.05, 4.69) is 21.8 Å².